The van der Waals surface area contributed by atoms with Gasteiger partial charge in [0.25, 0.3) is 0 Å². The summed E-state index contributed by atoms with van der Waals surface area (Å²) in [6.45, 7) is 1.84. The van der Waals surface area contributed by atoms with Gasteiger partial charge in [-0.05, 0) is 74.3 Å². The number of piperidine rings is 1. The number of hydrogen-bond acceptors (Lipinski definition) is 8. The Morgan fingerprint density at radius 1 is 1.02 bits per heavy atom. The van der Waals surface area contributed by atoms with Gasteiger partial charge in [-0.1, -0.05) is 6.07 Å². The van der Waals surface area contributed by atoms with Crippen LogP contribution in [0.4, 0.5) is 5.82 Å². The topological polar surface area (TPSA) is 120 Å². The molecule has 0 aromatic carbocycles. The molecule has 2 atom stereocenters. The predicted molar refractivity (Wildman–Crippen MR) is 153 cm³/mol. The van der Waals surface area contributed by atoms with E-state index in [4.69, 9.17) is 9.72 Å². The first-order valence-electron chi connectivity index (χ1n) is 14.5. The van der Waals surface area contributed by atoms with E-state index >= 15 is 0 Å². The monoisotopic (exact) mass is 550 g/mol. The fraction of sp³-hybridized carbons (Fsp3) is 0.438. The molecule has 9 nitrogen and oxygen atoms in total. The van der Waals surface area contributed by atoms with E-state index in [1.54, 1.807) is 23.1 Å². The quantitative estimate of drug-likeness (QED) is 0.336. The Bertz CT molecular complexity index is 1580. The molecule has 210 valence electrons. The number of ether oxygens (including phenoxy) is 1. The van der Waals surface area contributed by atoms with Crippen LogP contribution in [0.15, 0.2) is 61.2 Å². The molecule has 41 heavy (non-hydrogen) atoms. The Kier molecular flexibility index (Phi) is 6.40. The van der Waals surface area contributed by atoms with Crippen LogP contribution in [0.2, 0.25) is 0 Å². The average molecular weight is 551 g/mol. The first-order valence-corrected chi connectivity index (χ1v) is 14.5. The zero-order valence-corrected chi connectivity index (χ0v) is 23.0. The van der Waals surface area contributed by atoms with Gasteiger partial charge in [0.1, 0.15) is 17.6 Å². The van der Waals surface area contributed by atoms with E-state index in [0.717, 1.165) is 35.5 Å². The Balaban J connectivity index is 1.06. The molecule has 3 aliphatic rings. The third-order valence-electron chi connectivity index (χ3n) is 9.21. The number of rotatable bonds is 8. The average Bonchev–Trinajstić information content (AvgIpc) is 3.39. The fourth-order valence-electron chi connectivity index (χ4n) is 6.81. The summed E-state index contributed by atoms with van der Waals surface area (Å²) in [6, 6.07) is 14.0. The lowest BCUT2D eigenvalue weighted by Crippen LogP contribution is -2.46. The maximum atomic E-state index is 11.1. The maximum absolute atomic E-state index is 11.1. The van der Waals surface area contributed by atoms with Crippen LogP contribution in [0, 0.1) is 23.2 Å². The molecule has 9 heteroatoms. The molecule has 2 aliphatic carbocycles. The van der Waals surface area contributed by atoms with Gasteiger partial charge < -0.3 is 19.8 Å². The van der Waals surface area contributed by atoms with Crippen molar-refractivity contribution in [3.05, 3.63) is 72.4 Å². The summed E-state index contributed by atoms with van der Waals surface area (Å²) in [5.74, 6) is 2.90. The normalized spacial score (nSPS) is 24.7. The number of nitriles is 1. The van der Waals surface area contributed by atoms with E-state index in [9.17, 15) is 15.5 Å². The van der Waals surface area contributed by atoms with Crippen LogP contribution in [0.3, 0.4) is 0 Å². The van der Waals surface area contributed by atoms with Crippen LogP contribution in [-0.4, -0.2) is 60.7 Å². The van der Waals surface area contributed by atoms with Crippen molar-refractivity contribution < 1.29 is 14.9 Å². The minimum Gasteiger partial charge on any atom is -0.492 e. The Labute approximate surface area is 239 Å². The third-order valence-corrected chi connectivity index (χ3v) is 9.21. The highest BCUT2D eigenvalue weighted by molar-refractivity contribution is 5.85. The van der Waals surface area contributed by atoms with E-state index in [0.29, 0.717) is 74.0 Å². The molecule has 4 aromatic heterocycles. The predicted octanol–water partition coefficient (Wildman–Crippen LogP) is 4.17. The molecule has 2 N–H and O–H groups in total. The summed E-state index contributed by atoms with van der Waals surface area (Å²) in [6.07, 6.45) is 12.4. The first-order chi connectivity index (χ1) is 19.9. The lowest BCUT2D eigenvalue weighted by molar-refractivity contribution is 0.0140. The molecule has 0 amide bonds. The molecule has 4 aromatic rings. The van der Waals surface area contributed by atoms with Crippen LogP contribution in [0.25, 0.3) is 16.6 Å². The zero-order chi connectivity index (χ0) is 28.0. The lowest BCUT2D eigenvalue weighted by Gasteiger charge is -2.38. The van der Waals surface area contributed by atoms with Crippen molar-refractivity contribution in [3.63, 3.8) is 0 Å². The van der Waals surface area contributed by atoms with Gasteiger partial charge in [-0.25, -0.2) is 9.50 Å². The van der Waals surface area contributed by atoms with Gasteiger partial charge in [-0.3, -0.25) is 4.98 Å². The second-order valence-corrected chi connectivity index (χ2v) is 12.2. The molecule has 0 bridgehead atoms. The van der Waals surface area contributed by atoms with Gasteiger partial charge in [-0.15, -0.1) is 0 Å². The molecule has 2 saturated carbocycles. The maximum Gasteiger partial charge on any atom is 0.138 e. The number of hydrogen-bond donors (Lipinski definition) is 2. The van der Waals surface area contributed by atoms with Gasteiger partial charge in [0, 0.05) is 55.1 Å². The molecule has 7 rings (SSSR count). The van der Waals surface area contributed by atoms with Crippen molar-refractivity contribution in [1.29, 1.82) is 5.26 Å². The number of pyridine rings is 3. The highest BCUT2D eigenvalue weighted by Gasteiger charge is 2.52. The van der Waals surface area contributed by atoms with Crippen LogP contribution in [0.5, 0.6) is 5.75 Å². The van der Waals surface area contributed by atoms with E-state index < -0.39 is 11.2 Å². The number of nitrogens with zero attached hydrogens (tertiary/aromatic N) is 6. The second kappa shape index (κ2) is 10.1. The number of aliphatic hydroxyl groups is 2. The summed E-state index contributed by atoms with van der Waals surface area (Å²) in [5, 5.41) is 36.1. The van der Waals surface area contributed by atoms with E-state index in [1.165, 1.54) is 6.42 Å². The molecule has 0 spiro atoms. The van der Waals surface area contributed by atoms with Crippen molar-refractivity contribution in [2.45, 2.75) is 56.1 Å². The molecule has 2 unspecified atom stereocenters. The van der Waals surface area contributed by atoms with Crippen LogP contribution in [-0.2, 0) is 6.42 Å². The molecule has 1 aliphatic heterocycles. The van der Waals surface area contributed by atoms with Crippen molar-refractivity contribution >= 4 is 11.3 Å². The fourth-order valence-corrected chi connectivity index (χ4v) is 6.81. The Morgan fingerprint density at radius 3 is 2.56 bits per heavy atom. The van der Waals surface area contributed by atoms with E-state index in [2.05, 4.69) is 21.1 Å². The second-order valence-electron chi connectivity index (χ2n) is 12.2. The van der Waals surface area contributed by atoms with Crippen LogP contribution >= 0.6 is 0 Å². The molecule has 0 radical (unpaired) electrons. The number of anilines is 1. The van der Waals surface area contributed by atoms with Gasteiger partial charge in [0.2, 0.25) is 0 Å². The highest BCUT2D eigenvalue weighted by atomic mass is 16.5. The van der Waals surface area contributed by atoms with Gasteiger partial charge in [-0.2, -0.15) is 10.4 Å². The smallest absolute Gasteiger partial charge is 0.138 e. The van der Waals surface area contributed by atoms with Gasteiger partial charge >= 0.3 is 0 Å². The zero-order valence-electron chi connectivity index (χ0n) is 23.0. The number of aromatic nitrogens is 4. The SMILES string of the molecule is N#Cc1cnn2cc(OCCC3(O)CC4CC4C3)cc(-c3ccc(N4CCC(O)(Cc5ccccn5)CC4)nc3)c12. The summed E-state index contributed by atoms with van der Waals surface area (Å²) < 4.78 is 7.80. The third kappa shape index (κ3) is 5.25. The minimum absolute atomic E-state index is 0.423. The standard InChI is InChI=1S/C32H34N6O3/c33-18-25-20-36-38-21-27(41-12-8-32(40)15-23-13-24(23)16-32)14-28(30(25)38)22-4-5-29(35-19-22)37-10-6-31(39,7-11-37)17-26-3-1-2-9-34-26/h1-5,9,14,19-21,23-24,39-40H,6-8,10-13,15-17H2. The molecule has 5 heterocycles. The summed E-state index contributed by atoms with van der Waals surface area (Å²) >= 11 is 0. The van der Waals surface area contributed by atoms with Crippen molar-refractivity contribution in [2.24, 2.45) is 11.8 Å². The van der Waals surface area contributed by atoms with Gasteiger partial charge in [0.05, 0.1) is 41.3 Å². The highest BCUT2D eigenvalue weighted by Crippen LogP contribution is 2.56. The van der Waals surface area contributed by atoms with Crippen molar-refractivity contribution in [3.8, 4) is 22.9 Å². The van der Waals surface area contributed by atoms with Gasteiger partial charge in [0.15, 0.2) is 0 Å². The van der Waals surface area contributed by atoms with E-state index in [-0.39, 0.29) is 0 Å². The van der Waals surface area contributed by atoms with Crippen LogP contribution < -0.4 is 9.64 Å². The summed E-state index contributed by atoms with van der Waals surface area (Å²) in [5.41, 5.74) is 2.41. The molecular formula is C32H34N6O3. The Morgan fingerprint density at radius 2 is 1.85 bits per heavy atom. The lowest BCUT2D eigenvalue weighted by atomic mass is 9.87. The molecular weight excluding hydrogens is 516 g/mol. The van der Waals surface area contributed by atoms with Crippen molar-refractivity contribution in [1.82, 2.24) is 19.6 Å². The molecule has 1 saturated heterocycles. The van der Waals surface area contributed by atoms with Crippen LogP contribution in [0.1, 0.15) is 49.8 Å². The first kappa shape index (κ1) is 25.9. The van der Waals surface area contributed by atoms with E-state index in [1.807, 2.05) is 42.6 Å². The number of fused-ring (bicyclic) bond motifs is 2. The minimum atomic E-state index is -0.764. The van der Waals surface area contributed by atoms with Crippen molar-refractivity contribution in [2.75, 3.05) is 24.6 Å². The largest absolute Gasteiger partial charge is 0.492 e. The molecule has 3 fully saturated rings. The summed E-state index contributed by atoms with van der Waals surface area (Å²) in [7, 11) is 0. The Hall–Kier alpha value is -4.00. The summed E-state index contributed by atoms with van der Waals surface area (Å²) in [4.78, 5) is 11.3.